The minimum absolute atomic E-state index is 0. The predicted octanol–water partition coefficient (Wildman–Crippen LogP) is 13.7. The Morgan fingerprint density at radius 2 is 1.36 bits per heavy atom. The minimum Gasteiger partial charge on any atom is -0.305 e. The number of nitrogens with zero attached hydrogens (tertiary/aromatic N) is 2. The molecule has 0 spiro atoms. The van der Waals surface area contributed by atoms with E-state index in [1.807, 2.05) is 41.8 Å². The van der Waals surface area contributed by atoms with Gasteiger partial charge in [-0.25, -0.2) is 0 Å². The van der Waals surface area contributed by atoms with Crippen LogP contribution in [0.25, 0.3) is 64.9 Å². The van der Waals surface area contributed by atoms with Crippen molar-refractivity contribution in [1.82, 2.24) is 9.97 Å². The van der Waals surface area contributed by atoms with Crippen molar-refractivity contribution in [3.8, 4) is 44.8 Å². The van der Waals surface area contributed by atoms with Gasteiger partial charge in [0.05, 0.1) is 8.07 Å². The second-order valence-corrected chi connectivity index (χ2v) is 21.5. The zero-order chi connectivity index (χ0) is 38.0. The molecule has 3 heterocycles. The fourth-order valence-electron chi connectivity index (χ4n) is 7.71. The maximum atomic E-state index is 9.04. The average Bonchev–Trinajstić information content (AvgIpc) is 3.60. The van der Waals surface area contributed by atoms with Gasteiger partial charge < -0.3 is 9.97 Å². The third-order valence-corrected chi connectivity index (χ3v) is 13.9. The Morgan fingerprint density at radius 1 is 0.673 bits per heavy atom. The molecule has 8 aromatic rings. The second-order valence-electron chi connectivity index (χ2n) is 15.4. The Labute approximate surface area is 346 Å². The van der Waals surface area contributed by atoms with Crippen molar-refractivity contribution in [2.24, 2.45) is 0 Å². The predicted molar refractivity (Wildman–Crippen MR) is 234 cm³/mol. The van der Waals surface area contributed by atoms with Crippen molar-refractivity contribution in [2.75, 3.05) is 0 Å². The summed E-state index contributed by atoms with van der Waals surface area (Å²) >= 11 is 1.81. The first-order valence-corrected chi connectivity index (χ1v) is 23.4. The molecular weight excluding hydrogens is 881 g/mol. The van der Waals surface area contributed by atoms with Gasteiger partial charge in [-0.15, -0.1) is 59.2 Å². The van der Waals surface area contributed by atoms with E-state index in [0.29, 0.717) is 0 Å². The van der Waals surface area contributed by atoms with E-state index in [1.165, 1.54) is 59.6 Å². The molecule has 1 radical (unpaired) electrons. The second kappa shape index (κ2) is 17.1. The summed E-state index contributed by atoms with van der Waals surface area (Å²) in [6.45, 7) is 9.27. The molecule has 5 heteroatoms. The molecule has 3 aromatic heterocycles. The number of benzene rings is 5. The first kappa shape index (κ1) is 37.4. The first-order chi connectivity index (χ1) is 26.7. The number of thiophene rings is 1. The zero-order valence-corrected chi connectivity index (χ0v) is 36.2. The molecule has 9 rings (SSSR count). The average molecular weight is 928 g/mol. The Hall–Kier alpha value is -4.51. The van der Waals surface area contributed by atoms with Crippen LogP contribution in [-0.4, -0.2) is 18.0 Å². The third kappa shape index (κ3) is 8.66. The summed E-state index contributed by atoms with van der Waals surface area (Å²) in [5.41, 5.74) is 11.4. The van der Waals surface area contributed by atoms with Crippen LogP contribution in [-0.2, 0) is 20.1 Å². The summed E-state index contributed by atoms with van der Waals surface area (Å²) in [5, 5.41) is 3.96. The van der Waals surface area contributed by atoms with Crippen LogP contribution >= 0.6 is 11.3 Å². The Bertz CT molecular complexity index is 2590. The molecular formula is C50H46IrN2SSi-2. The van der Waals surface area contributed by atoms with Crippen LogP contribution in [0.15, 0.2) is 140 Å². The molecule has 0 N–H and O–H groups in total. The van der Waals surface area contributed by atoms with Crippen LogP contribution < -0.4 is 5.19 Å². The molecule has 1 saturated carbocycles. The van der Waals surface area contributed by atoms with Crippen molar-refractivity contribution in [2.45, 2.75) is 64.6 Å². The minimum atomic E-state index is -1.34. The van der Waals surface area contributed by atoms with E-state index < -0.39 is 14.0 Å². The molecule has 1 aliphatic carbocycles. The first-order valence-electron chi connectivity index (χ1n) is 19.6. The number of hydrogen-bond acceptors (Lipinski definition) is 3. The normalized spacial score (nSPS) is 14.1. The molecule has 2 nitrogen and oxygen atoms in total. The van der Waals surface area contributed by atoms with Crippen LogP contribution in [0, 0.1) is 19.1 Å². The van der Waals surface area contributed by atoms with Crippen molar-refractivity contribution in [3.05, 3.63) is 163 Å². The Balaban J connectivity index is 0.000000178. The zero-order valence-electron chi connectivity index (χ0n) is 33.0. The topological polar surface area (TPSA) is 25.8 Å². The van der Waals surface area contributed by atoms with Crippen LogP contribution in [0.1, 0.15) is 50.5 Å². The van der Waals surface area contributed by atoms with Gasteiger partial charge in [0.1, 0.15) is 0 Å². The fraction of sp³-hybridized carbons (Fsp3) is 0.200. The van der Waals surface area contributed by atoms with Gasteiger partial charge in [-0.1, -0.05) is 140 Å². The summed E-state index contributed by atoms with van der Waals surface area (Å²) in [7, 11) is -1.34. The number of rotatable bonds is 6. The summed E-state index contributed by atoms with van der Waals surface area (Å²) in [6, 6.07) is 51.3. The van der Waals surface area contributed by atoms with E-state index in [2.05, 4.69) is 148 Å². The quantitative estimate of drug-likeness (QED) is 0.123. The van der Waals surface area contributed by atoms with E-state index in [-0.39, 0.29) is 20.1 Å². The number of pyridine rings is 2. The molecule has 0 aliphatic heterocycles. The van der Waals surface area contributed by atoms with E-state index >= 15 is 0 Å². The molecule has 0 amide bonds. The smallest absolute Gasteiger partial charge is 0.0798 e. The monoisotopic (exact) mass is 928 g/mol. The van der Waals surface area contributed by atoms with Gasteiger partial charge >= 0.3 is 0 Å². The molecule has 0 atom stereocenters. The van der Waals surface area contributed by atoms with Crippen molar-refractivity contribution in [3.63, 3.8) is 0 Å². The van der Waals surface area contributed by atoms with Crippen LogP contribution in [0.4, 0.5) is 0 Å². The largest absolute Gasteiger partial charge is 0.305 e. The van der Waals surface area contributed by atoms with Gasteiger partial charge in [-0.2, -0.15) is 11.3 Å². The Morgan fingerprint density at radius 3 is 2.05 bits per heavy atom. The number of fused-ring (bicyclic) bond motifs is 3. The molecule has 55 heavy (non-hydrogen) atoms. The van der Waals surface area contributed by atoms with E-state index in [4.69, 9.17) is 11.3 Å². The van der Waals surface area contributed by atoms with Crippen molar-refractivity contribution < 1.29 is 21.5 Å². The van der Waals surface area contributed by atoms with Crippen molar-refractivity contribution in [1.29, 1.82) is 0 Å². The summed E-state index contributed by atoms with van der Waals surface area (Å²) in [4.78, 5) is 9.43. The van der Waals surface area contributed by atoms with Crippen LogP contribution in [0.2, 0.25) is 19.6 Å². The van der Waals surface area contributed by atoms with E-state index in [9.17, 15) is 0 Å². The molecule has 1 aliphatic rings. The molecule has 0 saturated heterocycles. The maximum Gasteiger partial charge on any atom is 0.0798 e. The van der Waals surface area contributed by atoms with Gasteiger partial charge in [-0.3, -0.25) is 0 Å². The third-order valence-electron chi connectivity index (χ3n) is 10.5. The van der Waals surface area contributed by atoms with Crippen LogP contribution in [0.3, 0.4) is 0 Å². The Kier molecular flexibility index (Phi) is 11.6. The van der Waals surface area contributed by atoms with Gasteiger partial charge in [0.2, 0.25) is 0 Å². The molecule has 5 aromatic carbocycles. The number of aryl methyl sites for hydroxylation is 1. The standard InChI is InChI=1S/C29H24NS.C21H22NSi.Ir/c1-3-8-20(9-4-1)22-14-15-24-25-12-7-13-26(29(25)31-28(24)19-22)27-18-23(16-17-30-27)21-10-5-2-6-11-21;1-16-13-20(22-15-21(16)23(2,3)4)19-12-8-11-18(14-19)17-9-6-5-7-10-17;/h1,3-4,7-9,12,14-19,21H,2,5-6,10-11H2;5-11,13-15H,1-4H3;/q2*-1;/i21D;;. The van der Waals surface area contributed by atoms with Gasteiger partial charge in [0.15, 0.2) is 0 Å². The van der Waals surface area contributed by atoms with Crippen LogP contribution in [0.5, 0.6) is 0 Å². The van der Waals surface area contributed by atoms with Gasteiger partial charge in [0.25, 0.3) is 0 Å². The molecule has 0 unspecified atom stereocenters. The van der Waals surface area contributed by atoms with E-state index in [1.54, 1.807) is 0 Å². The van der Waals surface area contributed by atoms with Crippen molar-refractivity contribution >= 4 is 44.8 Å². The van der Waals surface area contributed by atoms with Gasteiger partial charge in [-0.05, 0) is 81.1 Å². The molecule has 0 bridgehead atoms. The summed E-state index contributed by atoms with van der Waals surface area (Å²) in [5.74, 6) is -0.478. The number of aromatic nitrogens is 2. The van der Waals surface area contributed by atoms with Gasteiger partial charge in [0, 0.05) is 38.6 Å². The summed E-state index contributed by atoms with van der Waals surface area (Å²) < 4.78 is 11.5. The SMILES string of the molecule is Cc1cc(-c2[c-]ccc(-c3ccccc3)c2)ncc1[Si](C)(C)C.[2H]C1(c2ccnc(-c3[c-]ccc4c3sc3cc(-c5ccccc5)ccc34)c2)CCCCC1.[Ir]. The fourth-order valence-corrected chi connectivity index (χ4v) is 10.7. The summed E-state index contributed by atoms with van der Waals surface area (Å²) in [6.07, 6.45) is 9.36. The van der Waals surface area contributed by atoms with E-state index in [0.717, 1.165) is 53.8 Å². The number of hydrogen-bond donors (Lipinski definition) is 0. The molecule has 1 fully saturated rings. The molecule has 277 valence electrons. The maximum absolute atomic E-state index is 9.04.